The van der Waals surface area contributed by atoms with Crippen LogP contribution in [0, 0.1) is 0 Å². The maximum absolute atomic E-state index is 11.9. The Morgan fingerprint density at radius 1 is 1.12 bits per heavy atom. The smallest absolute Gasteiger partial charge is 0.408 e. The number of carbonyl (C=O) groups excluding carboxylic acids is 1. The molecule has 3 fully saturated rings. The van der Waals surface area contributed by atoms with Crippen molar-refractivity contribution in [1.29, 1.82) is 0 Å². The first-order chi connectivity index (χ1) is 7.72. The van der Waals surface area contributed by atoms with Gasteiger partial charge in [0.2, 0.25) is 0 Å². The number of alkyl carbamates (subject to hydrolysis) is 1. The highest BCUT2D eigenvalue weighted by atomic mass is 127. The molecule has 0 unspecified atom stereocenters. The molecule has 0 saturated heterocycles. The van der Waals surface area contributed by atoms with Crippen LogP contribution >= 0.6 is 22.6 Å². The molecule has 2 bridgehead atoms. The number of ether oxygens (including phenoxy) is 1. The van der Waals surface area contributed by atoms with E-state index in [-0.39, 0.29) is 11.6 Å². The fourth-order valence-corrected chi connectivity index (χ4v) is 3.66. The quantitative estimate of drug-likeness (QED) is 0.577. The second kappa shape index (κ2) is 4.28. The van der Waals surface area contributed by atoms with Gasteiger partial charge in [-0.2, -0.15) is 0 Å². The predicted octanol–water partition coefficient (Wildman–Crippen LogP) is 3.79. The predicted molar refractivity (Wildman–Crippen MR) is 76.6 cm³/mol. The third-order valence-electron chi connectivity index (χ3n) is 3.92. The summed E-state index contributed by atoms with van der Waals surface area (Å²) in [4.78, 5) is 11.9. The van der Waals surface area contributed by atoms with Crippen LogP contribution in [0.5, 0.6) is 0 Å². The highest BCUT2D eigenvalue weighted by molar-refractivity contribution is 14.1. The Balaban J connectivity index is 1.93. The SMILES string of the molecule is CC(C)(C)OC(=O)NC12CCC(I)(CC1)CC2. The molecule has 4 heteroatoms. The van der Waals surface area contributed by atoms with Crippen LogP contribution in [0.4, 0.5) is 4.79 Å². The minimum absolute atomic E-state index is 0.0231. The van der Waals surface area contributed by atoms with Crippen molar-refractivity contribution in [2.45, 2.75) is 73.9 Å². The van der Waals surface area contributed by atoms with Crippen LogP contribution < -0.4 is 5.32 Å². The van der Waals surface area contributed by atoms with E-state index in [1.165, 1.54) is 19.3 Å². The number of halogens is 1. The van der Waals surface area contributed by atoms with Crippen molar-refractivity contribution in [3.05, 3.63) is 0 Å². The van der Waals surface area contributed by atoms with Crippen molar-refractivity contribution in [3.63, 3.8) is 0 Å². The van der Waals surface area contributed by atoms with Gasteiger partial charge in [-0.15, -0.1) is 0 Å². The molecule has 3 aliphatic carbocycles. The van der Waals surface area contributed by atoms with E-state index in [4.69, 9.17) is 4.74 Å². The summed E-state index contributed by atoms with van der Waals surface area (Å²) in [5.74, 6) is 0. The van der Waals surface area contributed by atoms with Gasteiger partial charge in [-0.1, -0.05) is 22.6 Å². The molecule has 0 spiro atoms. The number of fused-ring (bicyclic) bond motifs is 3. The van der Waals surface area contributed by atoms with E-state index in [1.54, 1.807) is 0 Å². The summed E-state index contributed by atoms with van der Waals surface area (Å²) in [5.41, 5.74) is -0.383. The van der Waals surface area contributed by atoms with E-state index in [9.17, 15) is 4.79 Å². The average Bonchev–Trinajstić information content (AvgIpc) is 2.17. The normalized spacial score (nSPS) is 36.7. The first-order valence-corrected chi connectivity index (χ1v) is 7.50. The second-order valence-corrected chi connectivity index (χ2v) is 8.85. The van der Waals surface area contributed by atoms with Gasteiger partial charge in [0, 0.05) is 8.96 Å². The van der Waals surface area contributed by atoms with Gasteiger partial charge in [0.15, 0.2) is 0 Å². The van der Waals surface area contributed by atoms with Crippen LogP contribution in [-0.2, 0) is 4.74 Å². The van der Waals surface area contributed by atoms with Crippen LogP contribution in [-0.4, -0.2) is 20.7 Å². The molecule has 3 nitrogen and oxygen atoms in total. The van der Waals surface area contributed by atoms with Gasteiger partial charge in [0.1, 0.15) is 5.60 Å². The maximum atomic E-state index is 11.9. The Labute approximate surface area is 117 Å². The Morgan fingerprint density at radius 3 is 2.00 bits per heavy atom. The molecule has 1 N–H and O–H groups in total. The largest absolute Gasteiger partial charge is 0.444 e. The van der Waals surface area contributed by atoms with E-state index >= 15 is 0 Å². The van der Waals surface area contributed by atoms with E-state index in [0.717, 1.165) is 19.3 Å². The fourth-order valence-electron chi connectivity index (χ4n) is 2.85. The maximum Gasteiger partial charge on any atom is 0.408 e. The minimum atomic E-state index is -0.406. The average molecular weight is 351 g/mol. The molecular formula is C13H22INO2. The zero-order valence-corrected chi connectivity index (χ0v) is 13.1. The Kier molecular flexibility index (Phi) is 3.38. The molecule has 0 radical (unpaired) electrons. The monoisotopic (exact) mass is 351 g/mol. The number of hydrogen-bond donors (Lipinski definition) is 1. The second-order valence-electron chi connectivity index (χ2n) is 6.56. The zero-order chi connectivity index (χ0) is 12.7. The van der Waals surface area contributed by atoms with Gasteiger partial charge in [-0.05, 0) is 59.3 Å². The van der Waals surface area contributed by atoms with Gasteiger partial charge >= 0.3 is 6.09 Å². The highest BCUT2D eigenvalue weighted by Crippen LogP contribution is 2.51. The minimum Gasteiger partial charge on any atom is -0.444 e. The lowest BCUT2D eigenvalue weighted by Crippen LogP contribution is -2.57. The number of carbonyl (C=O) groups is 1. The van der Waals surface area contributed by atoms with Crippen molar-refractivity contribution in [2.75, 3.05) is 0 Å². The van der Waals surface area contributed by atoms with Gasteiger partial charge < -0.3 is 10.1 Å². The number of alkyl halides is 1. The first-order valence-electron chi connectivity index (χ1n) is 6.42. The van der Waals surface area contributed by atoms with E-state index < -0.39 is 5.60 Å². The molecule has 0 aromatic carbocycles. The molecule has 0 atom stereocenters. The number of amides is 1. The lowest BCUT2D eigenvalue weighted by molar-refractivity contribution is 0.0351. The Morgan fingerprint density at radius 2 is 1.59 bits per heavy atom. The first kappa shape index (κ1) is 13.4. The molecular weight excluding hydrogens is 329 g/mol. The summed E-state index contributed by atoms with van der Waals surface area (Å²) in [6.45, 7) is 5.71. The molecule has 98 valence electrons. The van der Waals surface area contributed by atoms with Crippen LogP contribution in [0.1, 0.15) is 59.3 Å². The van der Waals surface area contributed by atoms with E-state index in [2.05, 4.69) is 27.9 Å². The summed E-state index contributed by atoms with van der Waals surface area (Å²) in [6.07, 6.45) is 6.75. The molecule has 0 aromatic rings. The van der Waals surface area contributed by atoms with Crippen LogP contribution in [0.25, 0.3) is 0 Å². The third-order valence-corrected chi connectivity index (χ3v) is 5.54. The lowest BCUT2D eigenvalue weighted by atomic mass is 9.66. The van der Waals surface area contributed by atoms with E-state index in [0.29, 0.717) is 3.42 Å². The van der Waals surface area contributed by atoms with Crippen LogP contribution in [0.3, 0.4) is 0 Å². The Bertz CT molecular complexity index is 297. The summed E-state index contributed by atoms with van der Waals surface area (Å²) >= 11 is 2.61. The van der Waals surface area contributed by atoms with Gasteiger partial charge in [-0.25, -0.2) is 4.79 Å². The van der Waals surface area contributed by atoms with Crippen molar-refractivity contribution in [3.8, 4) is 0 Å². The van der Waals surface area contributed by atoms with Crippen molar-refractivity contribution in [2.24, 2.45) is 0 Å². The standard InChI is InChI=1S/C13H22INO2/c1-11(2,3)17-10(16)15-13-7-4-12(14,5-8-13)6-9-13/h4-9H2,1-3H3,(H,15,16). The topological polar surface area (TPSA) is 38.3 Å². The summed E-state index contributed by atoms with van der Waals surface area (Å²) in [6, 6.07) is 0. The third kappa shape index (κ3) is 3.26. The molecule has 17 heavy (non-hydrogen) atoms. The van der Waals surface area contributed by atoms with Gasteiger partial charge in [0.25, 0.3) is 0 Å². The molecule has 0 aromatic heterocycles. The summed E-state index contributed by atoms with van der Waals surface area (Å²) in [5, 5.41) is 3.13. The van der Waals surface area contributed by atoms with Crippen molar-refractivity contribution >= 4 is 28.7 Å². The van der Waals surface area contributed by atoms with E-state index in [1.807, 2.05) is 20.8 Å². The molecule has 3 rings (SSSR count). The Hall–Kier alpha value is 0. The van der Waals surface area contributed by atoms with Crippen molar-refractivity contribution in [1.82, 2.24) is 5.32 Å². The summed E-state index contributed by atoms with van der Waals surface area (Å²) in [7, 11) is 0. The van der Waals surface area contributed by atoms with Gasteiger partial charge in [-0.3, -0.25) is 0 Å². The highest BCUT2D eigenvalue weighted by Gasteiger charge is 2.48. The zero-order valence-electron chi connectivity index (χ0n) is 10.9. The number of nitrogens with one attached hydrogen (secondary N) is 1. The van der Waals surface area contributed by atoms with Crippen LogP contribution in [0.15, 0.2) is 0 Å². The molecule has 1 amide bonds. The molecule has 0 aliphatic heterocycles. The van der Waals surface area contributed by atoms with Gasteiger partial charge in [0.05, 0.1) is 0 Å². The fraction of sp³-hybridized carbons (Fsp3) is 0.923. The number of hydrogen-bond acceptors (Lipinski definition) is 2. The number of rotatable bonds is 1. The van der Waals surface area contributed by atoms with Crippen LogP contribution in [0.2, 0.25) is 0 Å². The molecule has 3 aliphatic rings. The molecule has 3 saturated carbocycles. The summed E-state index contributed by atoms with van der Waals surface area (Å²) < 4.78 is 5.87. The lowest BCUT2D eigenvalue weighted by Gasteiger charge is -2.51. The van der Waals surface area contributed by atoms with Crippen molar-refractivity contribution < 1.29 is 9.53 Å². The molecule has 0 heterocycles.